The minimum Gasteiger partial charge on any atom is -0.492 e. The smallest absolute Gasteiger partial charge is 0.488 e. The lowest BCUT2D eigenvalue weighted by atomic mass is 9.80. The van der Waals surface area contributed by atoms with Crippen molar-refractivity contribution >= 4 is 24.3 Å². The molecule has 0 saturated carbocycles. The van der Waals surface area contributed by atoms with E-state index in [4.69, 9.17) is 14.8 Å². The lowest BCUT2D eigenvalue weighted by Gasteiger charge is -2.34. The van der Waals surface area contributed by atoms with Gasteiger partial charge in [-0.25, -0.2) is 0 Å². The first-order valence-corrected chi connectivity index (χ1v) is 7.95. The molecule has 0 spiro atoms. The summed E-state index contributed by atoms with van der Waals surface area (Å²) in [7, 11) is -1.45. The largest absolute Gasteiger partial charge is 0.492 e. The third kappa shape index (κ3) is 4.70. The zero-order chi connectivity index (χ0) is 14.5. The normalized spacial score (nSPS) is 23.6. The molecule has 1 aromatic carbocycles. The van der Waals surface area contributed by atoms with Crippen molar-refractivity contribution in [1.29, 1.82) is 0 Å². The molecule has 0 radical (unpaired) electrons. The van der Waals surface area contributed by atoms with E-state index in [2.05, 4.69) is 18.7 Å². The van der Waals surface area contributed by atoms with Gasteiger partial charge in [-0.3, -0.25) is 4.90 Å². The average molecular weight is 295 g/mol. The van der Waals surface area contributed by atoms with Crippen molar-refractivity contribution in [2.24, 2.45) is 0 Å². The van der Waals surface area contributed by atoms with Gasteiger partial charge in [0.25, 0.3) is 0 Å². The van der Waals surface area contributed by atoms with Crippen LogP contribution in [0.2, 0.25) is 0 Å². The first-order valence-electron chi connectivity index (χ1n) is 7.01. The Balaban J connectivity index is 1.79. The van der Waals surface area contributed by atoms with Crippen molar-refractivity contribution in [3.05, 3.63) is 24.3 Å². The maximum Gasteiger partial charge on any atom is 0.488 e. The van der Waals surface area contributed by atoms with E-state index < -0.39 is 7.12 Å². The first kappa shape index (κ1) is 15.7. The number of benzene rings is 1. The molecule has 0 bridgehead atoms. The van der Waals surface area contributed by atoms with Gasteiger partial charge in [0.1, 0.15) is 12.4 Å². The predicted octanol–water partition coefficient (Wildman–Crippen LogP) is 0.571. The van der Waals surface area contributed by atoms with Crippen LogP contribution in [0.4, 0.5) is 0 Å². The molecule has 2 N–H and O–H groups in total. The van der Waals surface area contributed by atoms with Crippen LogP contribution in [0, 0.1) is 0 Å². The third-order valence-corrected chi connectivity index (χ3v) is 4.56. The van der Waals surface area contributed by atoms with Gasteiger partial charge in [-0.1, -0.05) is 26.0 Å². The Kier molecular flexibility index (Phi) is 5.78. The van der Waals surface area contributed by atoms with Crippen molar-refractivity contribution in [3.63, 3.8) is 0 Å². The summed E-state index contributed by atoms with van der Waals surface area (Å²) in [6.45, 7) is 8.26. The van der Waals surface area contributed by atoms with Gasteiger partial charge in [0.15, 0.2) is 0 Å². The lowest BCUT2D eigenvalue weighted by Crippen LogP contribution is -2.42. The van der Waals surface area contributed by atoms with Crippen molar-refractivity contribution < 1.29 is 14.8 Å². The van der Waals surface area contributed by atoms with Gasteiger partial charge in [0.2, 0.25) is 0 Å². The summed E-state index contributed by atoms with van der Waals surface area (Å²) in [4.78, 5) is 2.43. The summed E-state index contributed by atoms with van der Waals surface area (Å²) < 4.78 is 5.70. The molecular weight excluding hydrogens is 273 g/mol. The van der Waals surface area contributed by atoms with E-state index in [-0.39, 0.29) is 0 Å². The van der Waals surface area contributed by atoms with Crippen molar-refractivity contribution in [2.75, 3.05) is 26.2 Å². The van der Waals surface area contributed by atoms with Gasteiger partial charge in [-0.2, -0.15) is 11.8 Å². The zero-order valence-corrected chi connectivity index (χ0v) is 12.8. The SMILES string of the molecule is CC1CN(CCOc2cccc(B(O)O)c2)CC(C)S1. The third-order valence-electron chi connectivity index (χ3n) is 3.33. The second kappa shape index (κ2) is 7.36. The van der Waals surface area contributed by atoms with Crippen LogP contribution in [0.1, 0.15) is 13.8 Å². The summed E-state index contributed by atoms with van der Waals surface area (Å²) >= 11 is 2.04. The van der Waals surface area contributed by atoms with Crippen LogP contribution in [0.25, 0.3) is 0 Å². The molecule has 1 aromatic rings. The molecule has 1 heterocycles. The Labute approximate surface area is 125 Å². The van der Waals surface area contributed by atoms with E-state index in [9.17, 15) is 0 Å². The molecule has 6 heteroatoms. The van der Waals surface area contributed by atoms with Gasteiger partial charge in [0, 0.05) is 30.1 Å². The Bertz CT molecular complexity index is 423. The van der Waals surface area contributed by atoms with Crippen LogP contribution in [-0.4, -0.2) is 58.8 Å². The number of nitrogens with zero attached hydrogens (tertiary/aromatic N) is 1. The quantitative estimate of drug-likeness (QED) is 0.778. The van der Waals surface area contributed by atoms with E-state index in [1.54, 1.807) is 18.2 Å². The minimum atomic E-state index is -1.45. The molecule has 1 fully saturated rings. The van der Waals surface area contributed by atoms with E-state index in [1.165, 1.54) is 0 Å². The molecule has 2 unspecified atom stereocenters. The van der Waals surface area contributed by atoms with E-state index in [0.29, 0.717) is 28.3 Å². The molecule has 0 amide bonds. The molecule has 2 atom stereocenters. The van der Waals surface area contributed by atoms with Crippen LogP contribution in [0.15, 0.2) is 24.3 Å². The van der Waals surface area contributed by atoms with Crippen LogP contribution in [0.3, 0.4) is 0 Å². The van der Waals surface area contributed by atoms with E-state index in [0.717, 1.165) is 19.6 Å². The molecule has 20 heavy (non-hydrogen) atoms. The van der Waals surface area contributed by atoms with Gasteiger partial charge in [-0.15, -0.1) is 0 Å². The second-order valence-corrected chi connectivity index (χ2v) is 7.19. The Hall–Kier alpha value is -0.685. The second-order valence-electron chi connectivity index (χ2n) is 5.31. The molecular formula is C14H22BNO3S. The first-order chi connectivity index (χ1) is 9.54. The minimum absolute atomic E-state index is 0.458. The van der Waals surface area contributed by atoms with Gasteiger partial charge >= 0.3 is 7.12 Å². The van der Waals surface area contributed by atoms with Crippen LogP contribution in [-0.2, 0) is 0 Å². The number of rotatable bonds is 5. The van der Waals surface area contributed by atoms with Gasteiger partial charge in [-0.05, 0) is 17.6 Å². The predicted molar refractivity (Wildman–Crippen MR) is 84.7 cm³/mol. The van der Waals surface area contributed by atoms with Gasteiger partial charge < -0.3 is 14.8 Å². The highest BCUT2D eigenvalue weighted by atomic mass is 32.2. The van der Waals surface area contributed by atoms with Crippen molar-refractivity contribution in [2.45, 2.75) is 24.3 Å². The molecule has 2 rings (SSSR count). The molecule has 0 aliphatic carbocycles. The lowest BCUT2D eigenvalue weighted by molar-refractivity contribution is 0.207. The molecule has 1 saturated heterocycles. The Morgan fingerprint density at radius 1 is 1.30 bits per heavy atom. The number of thioether (sulfide) groups is 1. The molecule has 1 aliphatic rings. The van der Waals surface area contributed by atoms with E-state index >= 15 is 0 Å². The van der Waals surface area contributed by atoms with Crippen molar-refractivity contribution in [3.8, 4) is 5.75 Å². The average Bonchev–Trinajstić information content (AvgIpc) is 2.38. The number of hydrogen-bond acceptors (Lipinski definition) is 5. The monoisotopic (exact) mass is 295 g/mol. The summed E-state index contributed by atoms with van der Waals surface area (Å²) in [6, 6.07) is 6.94. The number of ether oxygens (including phenoxy) is 1. The maximum absolute atomic E-state index is 9.13. The summed E-state index contributed by atoms with van der Waals surface area (Å²) in [5.74, 6) is 0.683. The summed E-state index contributed by atoms with van der Waals surface area (Å²) in [5.41, 5.74) is 0.458. The fourth-order valence-corrected chi connectivity index (χ4v) is 3.91. The van der Waals surface area contributed by atoms with Crippen LogP contribution < -0.4 is 10.2 Å². The van der Waals surface area contributed by atoms with Crippen LogP contribution in [0.5, 0.6) is 5.75 Å². The van der Waals surface area contributed by atoms with E-state index in [1.807, 2.05) is 17.8 Å². The summed E-state index contributed by atoms with van der Waals surface area (Å²) in [6.07, 6.45) is 0. The highest BCUT2D eigenvalue weighted by Gasteiger charge is 2.21. The number of hydrogen-bond donors (Lipinski definition) is 2. The van der Waals surface area contributed by atoms with Gasteiger partial charge in [0.05, 0.1) is 0 Å². The zero-order valence-electron chi connectivity index (χ0n) is 12.0. The van der Waals surface area contributed by atoms with Crippen molar-refractivity contribution in [1.82, 2.24) is 4.90 Å². The molecule has 0 aromatic heterocycles. The fourth-order valence-electron chi connectivity index (χ4n) is 2.52. The molecule has 1 aliphatic heterocycles. The summed E-state index contributed by atoms with van der Waals surface area (Å²) in [5, 5.41) is 19.6. The highest BCUT2D eigenvalue weighted by Crippen LogP contribution is 2.24. The van der Waals surface area contributed by atoms with Crippen LogP contribution >= 0.6 is 11.8 Å². The topological polar surface area (TPSA) is 52.9 Å². The molecule has 110 valence electrons. The highest BCUT2D eigenvalue weighted by molar-refractivity contribution is 8.00. The standard InChI is InChI=1S/C14H22BNO3S/c1-11-9-16(10-12(2)20-11)6-7-19-14-5-3-4-13(8-14)15(17)18/h3-5,8,11-12,17-18H,6-7,9-10H2,1-2H3. The Morgan fingerprint density at radius 2 is 2.00 bits per heavy atom. The fraction of sp³-hybridized carbons (Fsp3) is 0.571. The Morgan fingerprint density at radius 3 is 2.65 bits per heavy atom. The molecule has 4 nitrogen and oxygen atoms in total. The maximum atomic E-state index is 9.13.